The maximum Gasteiger partial charge on any atom is 0.223 e. The highest BCUT2D eigenvalue weighted by Gasteiger charge is 2.26. The number of halogens is 1. The van der Waals surface area contributed by atoms with Gasteiger partial charge in [0.2, 0.25) is 5.91 Å². The van der Waals surface area contributed by atoms with Crippen molar-refractivity contribution in [1.29, 1.82) is 0 Å². The molecule has 3 nitrogen and oxygen atoms in total. The number of hydrogen-bond donors (Lipinski definition) is 2. The number of hydrogen-bond acceptors (Lipinski definition) is 2. The van der Waals surface area contributed by atoms with Gasteiger partial charge in [0.15, 0.2) is 0 Å². The minimum Gasteiger partial charge on any atom is -0.353 e. The summed E-state index contributed by atoms with van der Waals surface area (Å²) < 4.78 is 0. The lowest BCUT2D eigenvalue weighted by molar-refractivity contribution is -0.126. The van der Waals surface area contributed by atoms with Gasteiger partial charge in [0.05, 0.1) is 0 Å². The van der Waals surface area contributed by atoms with E-state index in [2.05, 4.69) is 24.4 Å². The van der Waals surface area contributed by atoms with Gasteiger partial charge in [-0.1, -0.05) is 43.7 Å². The first-order valence-corrected chi connectivity index (χ1v) is 7.79. The maximum atomic E-state index is 12.3. The van der Waals surface area contributed by atoms with Crippen molar-refractivity contribution < 1.29 is 4.79 Å². The molecule has 21 heavy (non-hydrogen) atoms. The molecule has 0 aliphatic heterocycles. The summed E-state index contributed by atoms with van der Waals surface area (Å²) in [4.78, 5) is 12.3. The van der Waals surface area contributed by atoms with E-state index in [0.717, 1.165) is 38.5 Å². The van der Waals surface area contributed by atoms with Crippen LogP contribution in [0.1, 0.15) is 44.6 Å². The molecule has 1 amide bonds. The Morgan fingerprint density at radius 2 is 2.05 bits per heavy atom. The van der Waals surface area contributed by atoms with Gasteiger partial charge in [-0.2, -0.15) is 0 Å². The van der Waals surface area contributed by atoms with Crippen molar-refractivity contribution in [3.8, 4) is 0 Å². The summed E-state index contributed by atoms with van der Waals surface area (Å²) in [5.41, 5.74) is 7.25. The van der Waals surface area contributed by atoms with E-state index in [-0.39, 0.29) is 36.3 Å². The van der Waals surface area contributed by atoms with Crippen LogP contribution in [-0.2, 0) is 11.2 Å². The standard InChI is InChI=1S/C17H26N2O.ClH/c1-2-16(11-13-7-4-3-5-8-13)19-17(20)14-9-6-10-15(18)12-14;/h3-5,7-8,14-16H,2,6,9-12,18H2,1H3,(H,19,20);1H. The predicted octanol–water partition coefficient (Wildman–Crippen LogP) is 3.06. The van der Waals surface area contributed by atoms with Crippen molar-refractivity contribution in [2.24, 2.45) is 11.7 Å². The van der Waals surface area contributed by atoms with Crippen LogP contribution < -0.4 is 11.1 Å². The lowest BCUT2D eigenvalue weighted by Gasteiger charge is -2.27. The fourth-order valence-corrected chi connectivity index (χ4v) is 2.98. The number of benzene rings is 1. The average molecular weight is 311 g/mol. The smallest absolute Gasteiger partial charge is 0.223 e. The first kappa shape index (κ1) is 18.0. The summed E-state index contributed by atoms with van der Waals surface area (Å²) in [5, 5.41) is 3.21. The van der Waals surface area contributed by atoms with Gasteiger partial charge in [0.25, 0.3) is 0 Å². The van der Waals surface area contributed by atoms with E-state index in [1.165, 1.54) is 5.56 Å². The van der Waals surface area contributed by atoms with Gasteiger partial charge in [0, 0.05) is 18.0 Å². The van der Waals surface area contributed by atoms with Crippen LogP contribution in [0.4, 0.5) is 0 Å². The second-order valence-electron chi connectivity index (χ2n) is 5.93. The Morgan fingerprint density at radius 3 is 2.67 bits per heavy atom. The molecule has 0 bridgehead atoms. The first-order valence-electron chi connectivity index (χ1n) is 7.79. The van der Waals surface area contributed by atoms with Crippen LogP contribution in [0.3, 0.4) is 0 Å². The third kappa shape index (κ3) is 5.68. The Kier molecular flexibility index (Phi) is 7.76. The maximum absolute atomic E-state index is 12.3. The summed E-state index contributed by atoms with van der Waals surface area (Å²) in [7, 11) is 0. The second-order valence-corrected chi connectivity index (χ2v) is 5.93. The van der Waals surface area contributed by atoms with Gasteiger partial charge < -0.3 is 11.1 Å². The number of amides is 1. The highest BCUT2D eigenvalue weighted by atomic mass is 35.5. The Morgan fingerprint density at radius 1 is 1.33 bits per heavy atom. The SMILES string of the molecule is CCC(Cc1ccccc1)NC(=O)C1CCCC(N)C1.Cl. The van der Waals surface area contributed by atoms with E-state index in [4.69, 9.17) is 5.73 Å². The molecule has 3 N–H and O–H groups in total. The van der Waals surface area contributed by atoms with Crippen molar-refractivity contribution in [3.05, 3.63) is 35.9 Å². The molecule has 2 rings (SSSR count). The molecule has 0 saturated heterocycles. The van der Waals surface area contributed by atoms with Crippen molar-refractivity contribution >= 4 is 18.3 Å². The van der Waals surface area contributed by atoms with Crippen LogP contribution in [0, 0.1) is 5.92 Å². The van der Waals surface area contributed by atoms with Gasteiger partial charge in [-0.25, -0.2) is 0 Å². The molecule has 1 aromatic rings. The zero-order chi connectivity index (χ0) is 14.4. The fourth-order valence-electron chi connectivity index (χ4n) is 2.98. The molecular formula is C17H27ClN2O. The van der Waals surface area contributed by atoms with Crippen molar-refractivity contribution in [2.45, 2.75) is 57.5 Å². The number of rotatable bonds is 5. The third-order valence-corrected chi connectivity index (χ3v) is 4.25. The molecule has 1 aliphatic rings. The highest BCUT2D eigenvalue weighted by Crippen LogP contribution is 2.23. The molecular weight excluding hydrogens is 284 g/mol. The van der Waals surface area contributed by atoms with E-state index in [9.17, 15) is 4.79 Å². The van der Waals surface area contributed by atoms with Crippen LogP contribution in [0.25, 0.3) is 0 Å². The monoisotopic (exact) mass is 310 g/mol. The third-order valence-electron chi connectivity index (χ3n) is 4.25. The van der Waals surface area contributed by atoms with E-state index in [0.29, 0.717) is 0 Å². The predicted molar refractivity (Wildman–Crippen MR) is 89.5 cm³/mol. The lowest BCUT2D eigenvalue weighted by Crippen LogP contribution is -2.43. The second kappa shape index (κ2) is 9.06. The van der Waals surface area contributed by atoms with E-state index >= 15 is 0 Å². The van der Waals surface area contributed by atoms with Crippen LogP contribution in [0.15, 0.2) is 30.3 Å². The Bertz CT molecular complexity index is 424. The zero-order valence-electron chi connectivity index (χ0n) is 12.8. The molecule has 4 heteroatoms. The number of carbonyl (C=O) groups excluding carboxylic acids is 1. The normalized spacial score (nSPS) is 23.0. The number of nitrogens with two attached hydrogens (primary N) is 1. The van der Waals surface area contributed by atoms with E-state index < -0.39 is 0 Å². The molecule has 1 saturated carbocycles. The minimum absolute atomic E-state index is 0. The lowest BCUT2D eigenvalue weighted by atomic mass is 9.85. The molecule has 0 heterocycles. The molecule has 0 radical (unpaired) electrons. The Labute approximate surface area is 134 Å². The molecule has 118 valence electrons. The summed E-state index contributed by atoms with van der Waals surface area (Å²) in [6.07, 6.45) is 5.83. The van der Waals surface area contributed by atoms with Gasteiger partial charge in [-0.05, 0) is 37.7 Å². The molecule has 1 fully saturated rings. The van der Waals surface area contributed by atoms with Gasteiger partial charge in [-0.15, -0.1) is 12.4 Å². The fraction of sp³-hybridized carbons (Fsp3) is 0.588. The average Bonchev–Trinajstić information content (AvgIpc) is 2.47. The molecule has 0 spiro atoms. The van der Waals surface area contributed by atoms with Gasteiger partial charge in [-0.3, -0.25) is 4.79 Å². The van der Waals surface area contributed by atoms with E-state index in [1.807, 2.05) is 18.2 Å². The topological polar surface area (TPSA) is 55.1 Å². The first-order chi connectivity index (χ1) is 9.69. The molecule has 3 atom stereocenters. The summed E-state index contributed by atoms with van der Waals surface area (Å²) >= 11 is 0. The summed E-state index contributed by atoms with van der Waals surface area (Å²) in [6.45, 7) is 2.13. The Hall–Kier alpha value is -1.06. The van der Waals surface area contributed by atoms with E-state index in [1.54, 1.807) is 0 Å². The van der Waals surface area contributed by atoms with Gasteiger partial charge >= 0.3 is 0 Å². The van der Waals surface area contributed by atoms with Crippen molar-refractivity contribution in [3.63, 3.8) is 0 Å². The minimum atomic E-state index is 0. The molecule has 1 aromatic carbocycles. The molecule has 1 aliphatic carbocycles. The van der Waals surface area contributed by atoms with Crippen molar-refractivity contribution in [1.82, 2.24) is 5.32 Å². The van der Waals surface area contributed by atoms with Gasteiger partial charge in [0.1, 0.15) is 0 Å². The van der Waals surface area contributed by atoms with Crippen LogP contribution >= 0.6 is 12.4 Å². The summed E-state index contributed by atoms with van der Waals surface area (Å²) in [5.74, 6) is 0.312. The quantitative estimate of drug-likeness (QED) is 0.878. The zero-order valence-corrected chi connectivity index (χ0v) is 13.6. The van der Waals surface area contributed by atoms with Crippen molar-refractivity contribution in [2.75, 3.05) is 0 Å². The van der Waals surface area contributed by atoms with Crippen LogP contribution in [0.2, 0.25) is 0 Å². The number of nitrogens with one attached hydrogen (secondary N) is 1. The summed E-state index contributed by atoms with van der Waals surface area (Å²) in [6, 6.07) is 10.8. The Balaban J connectivity index is 0.00000220. The number of carbonyl (C=O) groups is 1. The largest absolute Gasteiger partial charge is 0.353 e. The molecule has 3 unspecified atom stereocenters. The highest BCUT2D eigenvalue weighted by molar-refractivity contribution is 5.85. The molecule has 0 aromatic heterocycles. The van der Waals surface area contributed by atoms with Crippen LogP contribution in [0.5, 0.6) is 0 Å². The van der Waals surface area contributed by atoms with Crippen LogP contribution in [-0.4, -0.2) is 18.0 Å².